The highest BCUT2D eigenvalue weighted by Gasteiger charge is 2.32. The fourth-order valence-corrected chi connectivity index (χ4v) is 1.81. The van der Waals surface area contributed by atoms with Crippen molar-refractivity contribution in [2.45, 2.75) is 25.7 Å². The van der Waals surface area contributed by atoms with E-state index >= 15 is 0 Å². The van der Waals surface area contributed by atoms with E-state index in [1.165, 1.54) is 0 Å². The van der Waals surface area contributed by atoms with Crippen LogP contribution in [-0.2, 0) is 0 Å². The number of rotatable bonds is 2. The van der Waals surface area contributed by atoms with Crippen LogP contribution in [0.5, 0.6) is 0 Å². The molecule has 5 heteroatoms. The van der Waals surface area contributed by atoms with Crippen molar-refractivity contribution >= 4 is 17.6 Å². The van der Waals surface area contributed by atoms with Gasteiger partial charge in [-0.15, -0.1) is 0 Å². The quantitative estimate of drug-likeness (QED) is 0.762. The summed E-state index contributed by atoms with van der Waals surface area (Å²) in [5.41, 5.74) is 0.662. The van der Waals surface area contributed by atoms with Gasteiger partial charge in [0.2, 0.25) is 0 Å². The van der Waals surface area contributed by atoms with E-state index in [1.807, 2.05) is 0 Å². The third-order valence-electron chi connectivity index (χ3n) is 2.20. The van der Waals surface area contributed by atoms with Crippen molar-refractivity contribution in [2.24, 2.45) is 0 Å². The Morgan fingerprint density at radius 3 is 2.64 bits per heavy atom. The summed E-state index contributed by atoms with van der Waals surface area (Å²) in [4.78, 5) is 18.8. The van der Waals surface area contributed by atoms with Crippen molar-refractivity contribution in [2.75, 3.05) is 0 Å². The summed E-state index contributed by atoms with van der Waals surface area (Å²) in [5, 5.41) is 9.23. The van der Waals surface area contributed by atoms with E-state index in [-0.39, 0.29) is 16.8 Å². The average molecular weight is 213 g/mol. The zero-order valence-corrected chi connectivity index (χ0v) is 8.38. The maximum absolute atomic E-state index is 10.9. The van der Waals surface area contributed by atoms with E-state index < -0.39 is 5.97 Å². The molecule has 0 aromatic carbocycles. The Hall–Kier alpha value is -1.16. The number of nitrogens with zero attached hydrogens (tertiary/aromatic N) is 2. The number of aryl methyl sites for hydroxylation is 1. The highest BCUT2D eigenvalue weighted by molar-refractivity contribution is 6.30. The third-order valence-corrected chi connectivity index (χ3v) is 2.49. The Bertz CT molecular complexity index is 402. The van der Waals surface area contributed by atoms with Crippen molar-refractivity contribution in [3.63, 3.8) is 0 Å². The second kappa shape index (κ2) is 3.20. The van der Waals surface area contributed by atoms with Crippen LogP contribution in [0.2, 0.25) is 5.15 Å². The normalized spacial score (nSPS) is 15.6. The second-order valence-electron chi connectivity index (χ2n) is 3.40. The Labute approximate surface area is 85.9 Å². The molecule has 2 rings (SSSR count). The van der Waals surface area contributed by atoms with Gasteiger partial charge in [0.05, 0.1) is 0 Å². The van der Waals surface area contributed by atoms with E-state index in [0.717, 1.165) is 12.8 Å². The van der Waals surface area contributed by atoms with Gasteiger partial charge in [-0.2, -0.15) is 0 Å². The van der Waals surface area contributed by atoms with Crippen molar-refractivity contribution in [3.05, 3.63) is 22.2 Å². The first-order valence-electron chi connectivity index (χ1n) is 4.37. The van der Waals surface area contributed by atoms with E-state index in [2.05, 4.69) is 9.97 Å². The lowest BCUT2D eigenvalue weighted by Crippen LogP contribution is -2.08. The highest BCUT2D eigenvalue weighted by atomic mass is 35.5. The standard InChI is InChI=1S/C9H9ClN2O2/c1-4-11-7(9(13)14)6(5-2-3-5)8(10)12-4/h5H,2-3H2,1H3,(H,13,14). The lowest BCUT2D eigenvalue weighted by atomic mass is 10.1. The number of aromatic carboxylic acids is 1. The van der Waals surface area contributed by atoms with Crippen molar-refractivity contribution < 1.29 is 9.90 Å². The molecule has 0 amide bonds. The molecule has 1 aromatic rings. The second-order valence-corrected chi connectivity index (χ2v) is 3.76. The first kappa shape index (κ1) is 9.40. The van der Waals surface area contributed by atoms with Gasteiger partial charge in [0.1, 0.15) is 11.0 Å². The first-order valence-corrected chi connectivity index (χ1v) is 4.74. The van der Waals surface area contributed by atoms with Gasteiger partial charge in [-0.05, 0) is 25.7 Å². The van der Waals surface area contributed by atoms with E-state index in [0.29, 0.717) is 11.4 Å². The minimum Gasteiger partial charge on any atom is -0.476 e. The van der Waals surface area contributed by atoms with Gasteiger partial charge in [0.15, 0.2) is 5.69 Å². The largest absolute Gasteiger partial charge is 0.476 e. The predicted molar refractivity (Wildman–Crippen MR) is 50.7 cm³/mol. The third kappa shape index (κ3) is 1.57. The van der Waals surface area contributed by atoms with Gasteiger partial charge in [-0.1, -0.05) is 11.6 Å². The number of hydrogen-bond donors (Lipinski definition) is 1. The van der Waals surface area contributed by atoms with E-state index in [1.54, 1.807) is 6.92 Å². The molecule has 1 aromatic heterocycles. The van der Waals surface area contributed by atoms with Crippen LogP contribution in [0.25, 0.3) is 0 Å². The fraction of sp³-hybridized carbons (Fsp3) is 0.444. The van der Waals surface area contributed by atoms with E-state index in [4.69, 9.17) is 16.7 Å². The van der Waals surface area contributed by atoms with Crippen LogP contribution in [0.1, 0.15) is 40.6 Å². The number of halogens is 1. The molecule has 1 aliphatic carbocycles. The van der Waals surface area contributed by atoms with Gasteiger partial charge in [0, 0.05) is 5.56 Å². The summed E-state index contributed by atoms with van der Waals surface area (Å²) in [6, 6.07) is 0. The minimum absolute atomic E-state index is 0.0602. The molecule has 0 aliphatic heterocycles. The molecule has 1 saturated carbocycles. The van der Waals surface area contributed by atoms with Crippen molar-refractivity contribution in [1.29, 1.82) is 0 Å². The first-order chi connectivity index (χ1) is 6.59. The molecule has 1 N–H and O–H groups in total. The maximum Gasteiger partial charge on any atom is 0.354 e. The summed E-state index contributed by atoms with van der Waals surface area (Å²) < 4.78 is 0. The smallest absolute Gasteiger partial charge is 0.354 e. The SMILES string of the molecule is Cc1nc(Cl)c(C2CC2)c(C(=O)O)n1. The summed E-state index contributed by atoms with van der Waals surface area (Å²) >= 11 is 5.90. The Morgan fingerprint density at radius 1 is 1.50 bits per heavy atom. The van der Waals surface area contributed by atoms with Crippen LogP contribution in [0.15, 0.2) is 0 Å². The monoisotopic (exact) mass is 212 g/mol. The minimum atomic E-state index is -1.03. The molecular formula is C9H9ClN2O2. The Kier molecular flexibility index (Phi) is 2.15. The topological polar surface area (TPSA) is 63.1 Å². The molecule has 0 unspecified atom stereocenters. The molecule has 14 heavy (non-hydrogen) atoms. The number of carboxylic acids is 1. The number of carboxylic acid groups (broad SMARTS) is 1. The van der Waals surface area contributed by atoms with Crippen LogP contribution in [-0.4, -0.2) is 21.0 Å². The zero-order chi connectivity index (χ0) is 10.3. The molecule has 74 valence electrons. The summed E-state index contributed by atoms with van der Waals surface area (Å²) in [6.07, 6.45) is 1.96. The van der Waals surface area contributed by atoms with Gasteiger partial charge >= 0.3 is 5.97 Å². The van der Waals surface area contributed by atoms with Crippen LogP contribution in [0.3, 0.4) is 0 Å². The summed E-state index contributed by atoms with van der Waals surface area (Å²) in [7, 11) is 0. The van der Waals surface area contributed by atoms with Gasteiger partial charge in [-0.25, -0.2) is 14.8 Å². The Balaban J connectivity index is 2.58. The molecule has 0 bridgehead atoms. The lowest BCUT2D eigenvalue weighted by molar-refractivity contribution is 0.0688. The molecule has 0 radical (unpaired) electrons. The van der Waals surface area contributed by atoms with Gasteiger partial charge < -0.3 is 5.11 Å². The number of carbonyl (C=O) groups is 1. The number of hydrogen-bond acceptors (Lipinski definition) is 3. The van der Waals surface area contributed by atoms with Gasteiger partial charge in [-0.3, -0.25) is 0 Å². The Morgan fingerprint density at radius 2 is 2.14 bits per heavy atom. The predicted octanol–water partition coefficient (Wildman–Crippen LogP) is 2.01. The molecule has 0 spiro atoms. The number of aromatic nitrogens is 2. The maximum atomic E-state index is 10.9. The molecule has 1 heterocycles. The molecule has 0 saturated heterocycles. The lowest BCUT2D eigenvalue weighted by Gasteiger charge is -2.06. The molecule has 1 aliphatic rings. The van der Waals surface area contributed by atoms with Crippen LogP contribution < -0.4 is 0 Å². The molecule has 0 atom stereocenters. The van der Waals surface area contributed by atoms with Crippen LogP contribution in [0, 0.1) is 6.92 Å². The summed E-state index contributed by atoms with van der Waals surface area (Å²) in [6.45, 7) is 1.63. The fourth-order valence-electron chi connectivity index (χ4n) is 1.44. The molecular weight excluding hydrogens is 204 g/mol. The zero-order valence-electron chi connectivity index (χ0n) is 7.62. The molecule has 4 nitrogen and oxygen atoms in total. The van der Waals surface area contributed by atoms with Crippen LogP contribution >= 0.6 is 11.6 Å². The average Bonchev–Trinajstić information content (AvgIpc) is 2.85. The van der Waals surface area contributed by atoms with E-state index in [9.17, 15) is 4.79 Å². The van der Waals surface area contributed by atoms with Crippen LogP contribution in [0.4, 0.5) is 0 Å². The summed E-state index contributed by atoms with van der Waals surface area (Å²) in [5.74, 6) is -0.384. The van der Waals surface area contributed by atoms with Crippen molar-refractivity contribution in [3.8, 4) is 0 Å². The van der Waals surface area contributed by atoms with Crippen molar-refractivity contribution in [1.82, 2.24) is 9.97 Å². The van der Waals surface area contributed by atoms with Gasteiger partial charge in [0.25, 0.3) is 0 Å². The molecule has 1 fully saturated rings. The highest BCUT2D eigenvalue weighted by Crippen LogP contribution is 2.43.